The highest BCUT2D eigenvalue weighted by molar-refractivity contribution is 5.79. The Morgan fingerprint density at radius 1 is 1.09 bits per heavy atom. The van der Waals surface area contributed by atoms with Crippen LogP contribution in [0.3, 0.4) is 0 Å². The zero-order valence-electron chi connectivity index (χ0n) is 13.4. The number of piperazine rings is 1. The lowest BCUT2D eigenvalue weighted by molar-refractivity contribution is -0.140. The second-order valence-corrected chi connectivity index (χ2v) is 6.33. The van der Waals surface area contributed by atoms with Gasteiger partial charge in [-0.15, -0.1) is 0 Å². The van der Waals surface area contributed by atoms with E-state index >= 15 is 0 Å². The Hall–Kier alpha value is -1.39. The van der Waals surface area contributed by atoms with E-state index in [9.17, 15) is 4.79 Å². The van der Waals surface area contributed by atoms with Crippen LogP contribution in [-0.4, -0.2) is 55.1 Å². The molecule has 4 nitrogen and oxygen atoms in total. The molecule has 3 rings (SSSR count). The number of carbonyl (C=O) groups excluding carboxylic acids is 1. The van der Waals surface area contributed by atoms with Crippen LogP contribution in [0.15, 0.2) is 30.3 Å². The van der Waals surface area contributed by atoms with Gasteiger partial charge in [-0.1, -0.05) is 30.3 Å². The molecule has 1 aromatic carbocycles. The Bertz CT molecular complexity index is 477. The summed E-state index contributed by atoms with van der Waals surface area (Å²) >= 11 is 0. The first kappa shape index (κ1) is 15.5. The zero-order chi connectivity index (χ0) is 15.4. The first-order chi connectivity index (χ1) is 10.8. The molecule has 2 heterocycles. The predicted molar refractivity (Wildman–Crippen MR) is 86.6 cm³/mol. The van der Waals surface area contributed by atoms with E-state index in [4.69, 9.17) is 4.74 Å². The number of ether oxygens (including phenoxy) is 1. The second kappa shape index (κ2) is 7.25. The minimum atomic E-state index is 0.187. The molecular weight excluding hydrogens is 276 g/mol. The van der Waals surface area contributed by atoms with Crippen LogP contribution in [0.5, 0.6) is 0 Å². The number of rotatable bonds is 3. The van der Waals surface area contributed by atoms with E-state index in [0.717, 1.165) is 52.2 Å². The highest BCUT2D eigenvalue weighted by atomic mass is 16.5. The number of amides is 1. The van der Waals surface area contributed by atoms with Crippen LogP contribution in [0.4, 0.5) is 0 Å². The first-order valence-electron chi connectivity index (χ1n) is 8.41. The standard InChI is InChI=1S/C18H26N2O2/c1-15(16-5-3-2-4-6-16)19-9-11-20(12-10-19)18(21)17-7-13-22-14-8-17/h2-6,15,17H,7-14H2,1H3. The lowest BCUT2D eigenvalue weighted by atomic mass is 9.98. The Morgan fingerprint density at radius 3 is 2.36 bits per heavy atom. The van der Waals surface area contributed by atoms with Crippen molar-refractivity contribution in [1.29, 1.82) is 0 Å². The summed E-state index contributed by atoms with van der Waals surface area (Å²) in [6.07, 6.45) is 1.78. The molecule has 4 heteroatoms. The summed E-state index contributed by atoms with van der Waals surface area (Å²) in [5.41, 5.74) is 1.35. The minimum absolute atomic E-state index is 0.187. The van der Waals surface area contributed by atoms with Crippen molar-refractivity contribution in [1.82, 2.24) is 9.80 Å². The van der Waals surface area contributed by atoms with Gasteiger partial charge in [-0.2, -0.15) is 0 Å². The highest BCUT2D eigenvalue weighted by Gasteiger charge is 2.29. The van der Waals surface area contributed by atoms with E-state index in [0.29, 0.717) is 11.9 Å². The average molecular weight is 302 g/mol. The van der Waals surface area contributed by atoms with Crippen molar-refractivity contribution >= 4 is 5.91 Å². The molecule has 22 heavy (non-hydrogen) atoms. The van der Waals surface area contributed by atoms with Crippen LogP contribution in [0.2, 0.25) is 0 Å². The Kier molecular flexibility index (Phi) is 5.11. The van der Waals surface area contributed by atoms with E-state index in [1.54, 1.807) is 0 Å². The van der Waals surface area contributed by atoms with Gasteiger partial charge in [0.1, 0.15) is 0 Å². The Morgan fingerprint density at radius 2 is 1.73 bits per heavy atom. The molecule has 2 fully saturated rings. The third-order valence-corrected chi connectivity index (χ3v) is 5.03. The number of hydrogen-bond donors (Lipinski definition) is 0. The quantitative estimate of drug-likeness (QED) is 0.859. The highest BCUT2D eigenvalue weighted by Crippen LogP contribution is 2.23. The van der Waals surface area contributed by atoms with Gasteiger partial charge < -0.3 is 9.64 Å². The van der Waals surface area contributed by atoms with Crippen molar-refractivity contribution in [2.24, 2.45) is 5.92 Å². The lowest BCUT2D eigenvalue weighted by Crippen LogP contribution is -2.51. The topological polar surface area (TPSA) is 32.8 Å². The van der Waals surface area contributed by atoms with E-state index in [1.807, 2.05) is 0 Å². The van der Waals surface area contributed by atoms with Crippen molar-refractivity contribution in [2.75, 3.05) is 39.4 Å². The second-order valence-electron chi connectivity index (χ2n) is 6.33. The Labute approximate surface area is 133 Å². The summed E-state index contributed by atoms with van der Waals surface area (Å²) in [5, 5.41) is 0. The maximum absolute atomic E-state index is 12.6. The molecule has 1 aromatic rings. The molecule has 0 saturated carbocycles. The molecule has 0 bridgehead atoms. The van der Waals surface area contributed by atoms with Gasteiger partial charge in [-0.25, -0.2) is 0 Å². The predicted octanol–water partition coefficient (Wildman–Crippen LogP) is 2.32. The van der Waals surface area contributed by atoms with Gasteiger partial charge in [0.15, 0.2) is 0 Å². The van der Waals surface area contributed by atoms with Crippen LogP contribution < -0.4 is 0 Å². The molecule has 2 aliphatic rings. The van der Waals surface area contributed by atoms with E-state index in [-0.39, 0.29) is 5.92 Å². The Balaban J connectivity index is 1.52. The minimum Gasteiger partial charge on any atom is -0.381 e. The fourth-order valence-corrected chi connectivity index (χ4v) is 3.47. The molecule has 1 atom stereocenters. The van der Waals surface area contributed by atoms with Crippen LogP contribution >= 0.6 is 0 Å². The molecule has 120 valence electrons. The van der Waals surface area contributed by atoms with Gasteiger partial charge in [-0.05, 0) is 25.3 Å². The number of benzene rings is 1. The van der Waals surface area contributed by atoms with Gasteiger partial charge in [0, 0.05) is 51.4 Å². The van der Waals surface area contributed by atoms with Crippen LogP contribution in [0.25, 0.3) is 0 Å². The van der Waals surface area contributed by atoms with Crippen molar-refractivity contribution in [3.63, 3.8) is 0 Å². The van der Waals surface area contributed by atoms with E-state index in [1.165, 1.54) is 5.56 Å². The van der Waals surface area contributed by atoms with Crippen LogP contribution in [0.1, 0.15) is 31.4 Å². The summed E-state index contributed by atoms with van der Waals surface area (Å²) in [6, 6.07) is 11.0. The molecule has 0 aromatic heterocycles. The van der Waals surface area contributed by atoms with Crippen molar-refractivity contribution in [2.45, 2.75) is 25.8 Å². The fraction of sp³-hybridized carbons (Fsp3) is 0.611. The lowest BCUT2D eigenvalue weighted by Gasteiger charge is -2.39. The smallest absolute Gasteiger partial charge is 0.225 e. The van der Waals surface area contributed by atoms with Gasteiger partial charge in [0.25, 0.3) is 0 Å². The molecule has 0 N–H and O–H groups in total. The third kappa shape index (κ3) is 3.50. The molecule has 0 aliphatic carbocycles. The molecule has 0 spiro atoms. The SMILES string of the molecule is CC(c1ccccc1)N1CCN(C(=O)C2CCOCC2)CC1. The number of carbonyl (C=O) groups is 1. The first-order valence-corrected chi connectivity index (χ1v) is 8.41. The summed E-state index contributed by atoms with van der Waals surface area (Å²) in [7, 11) is 0. The maximum atomic E-state index is 12.6. The summed E-state index contributed by atoms with van der Waals surface area (Å²) in [5.74, 6) is 0.530. The van der Waals surface area contributed by atoms with Gasteiger partial charge in [0.05, 0.1) is 0 Å². The van der Waals surface area contributed by atoms with E-state index in [2.05, 4.69) is 47.1 Å². The zero-order valence-corrected chi connectivity index (χ0v) is 13.4. The maximum Gasteiger partial charge on any atom is 0.225 e. The van der Waals surface area contributed by atoms with E-state index < -0.39 is 0 Å². The largest absolute Gasteiger partial charge is 0.381 e. The van der Waals surface area contributed by atoms with Crippen molar-refractivity contribution in [3.05, 3.63) is 35.9 Å². The average Bonchev–Trinajstić information content (AvgIpc) is 2.62. The monoisotopic (exact) mass is 302 g/mol. The fourth-order valence-electron chi connectivity index (χ4n) is 3.47. The van der Waals surface area contributed by atoms with Gasteiger partial charge in [-0.3, -0.25) is 9.69 Å². The van der Waals surface area contributed by atoms with Crippen LogP contribution in [0, 0.1) is 5.92 Å². The summed E-state index contributed by atoms with van der Waals surface area (Å²) in [4.78, 5) is 17.1. The molecule has 1 amide bonds. The van der Waals surface area contributed by atoms with Gasteiger partial charge >= 0.3 is 0 Å². The van der Waals surface area contributed by atoms with Gasteiger partial charge in [0.2, 0.25) is 5.91 Å². The molecule has 0 radical (unpaired) electrons. The van der Waals surface area contributed by atoms with Crippen molar-refractivity contribution < 1.29 is 9.53 Å². The normalized spacial score (nSPS) is 22.5. The third-order valence-electron chi connectivity index (χ3n) is 5.03. The number of nitrogens with zero attached hydrogens (tertiary/aromatic N) is 2. The molecule has 2 aliphatic heterocycles. The molecule has 1 unspecified atom stereocenters. The molecule has 2 saturated heterocycles. The number of hydrogen-bond acceptors (Lipinski definition) is 3. The van der Waals surface area contributed by atoms with Crippen LogP contribution in [-0.2, 0) is 9.53 Å². The molecular formula is C18H26N2O2. The summed E-state index contributed by atoms with van der Waals surface area (Å²) in [6.45, 7) is 7.37. The van der Waals surface area contributed by atoms with Crippen molar-refractivity contribution in [3.8, 4) is 0 Å². The summed E-state index contributed by atoms with van der Waals surface area (Å²) < 4.78 is 5.36.